The van der Waals surface area contributed by atoms with Crippen molar-refractivity contribution in [1.29, 1.82) is 0 Å². The zero-order chi connectivity index (χ0) is 23.6. The topological polar surface area (TPSA) is 102 Å². The Morgan fingerprint density at radius 3 is 2.09 bits per heavy atom. The van der Waals surface area contributed by atoms with E-state index >= 15 is 0 Å². The molecule has 0 bridgehead atoms. The Bertz CT molecular complexity index is 1120. The average Bonchev–Trinajstić information content (AvgIpc) is 3.08. The summed E-state index contributed by atoms with van der Waals surface area (Å²) in [4.78, 5) is 26.9. The minimum absolute atomic E-state index is 0.0347. The molecule has 0 spiro atoms. The van der Waals surface area contributed by atoms with Crippen LogP contribution in [0.25, 0.3) is 0 Å². The van der Waals surface area contributed by atoms with Crippen molar-refractivity contribution in [1.82, 2.24) is 9.62 Å². The Morgan fingerprint density at radius 1 is 0.909 bits per heavy atom. The van der Waals surface area contributed by atoms with Gasteiger partial charge in [0.2, 0.25) is 21.8 Å². The molecule has 8 nitrogen and oxygen atoms in total. The molecule has 0 unspecified atom stereocenters. The standard InChI is InChI=1S/C24H28N2O6S/c1-31-18-10-7-16(8-11-18)14-25-33(29,30)22-13-17(9-12-21(22)32-2)15-26-23(27)19-5-3-4-6-20(19)24(26)28/h7-13,19-20,25H,3-6,14-15H2,1-2H3/t19-,20-/m0/s1. The second kappa shape index (κ2) is 9.52. The summed E-state index contributed by atoms with van der Waals surface area (Å²) in [6.45, 7) is 0.141. The first kappa shape index (κ1) is 23.3. The van der Waals surface area contributed by atoms with E-state index < -0.39 is 10.0 Å². The quantitative estimate of drug-likeness (QED) is 0.593. The molecule has 2 atom stereocenters. The number of carbonyl (C=O) groups is 2. The van der Waals surface area contributed by atoms with Crippen LogP contribution in [0.5, 0.6) is 11.5 Å². The predicted molar refractivity (Wildman–Crippen MR) is 121 cm³/mol. The molecule has 1 heterocycles. The lowest BCUT2D eigenvalue weighted by atomic mass is 9.81. The van der Waals surface area contributed by atoms with E-state index in [1.807, 2.05) is 0 Å². The Hall–Kier alpha value is -2.91. The van der Waals surface area contributed by atoms with Gasteiger partial charge in [0.05, 0.1) is 32.6 Å². The third kappa shape index (κ3) is 4.74. The summed E-state index contributed by atoms with van der Waals surface area (Å²) in [6.07, 6.45) is 3.39. The average molecular weight is 473 g/mol. The van der Waals surface area contributed by atoms with Gasteiger partial charge in [-0.15, -0.1) is 0 Å². The number of methoxy groups -OCH3 is 2. The van der Waals surface area contributed by atoms with Gasteiger partial charge in [0, 0.05) is 6.54 Å². The van der Waals surface area contributed by atoms with E-state index in [0.717, 1.165) is 31.2 Å². The molecular formula is C24H28N2O6S. The minimum atomic E-state index is -3.92. The van der Waals surface area contributed by atoms with Crippen molar-refractivity contribution in [2.75, 3.05) is 14.2 Å². The number of ether oxygens (including phenoxy) is 2. The van der Waals surface area contributed by atoms with Crippen molar-refractivity contribution in [2.45, 2.75) is 43.7 Å². The van der Waals surface area contributed by atoms with E-state index in [1.165, 1.54) is 18.1 Å². The third-order valence-electron chi connectivity index (χ3n) is 6.42. The van der Waals surface area contributed by atoms with E-state index in [9.17, 15) is 18.0 Å². The number of amides is 2. The number of likely N-dealkylation sites (tertiary alicyclic amines) is 1. The van der Waals surface area contributed by atoms with Crippen LogP contribution in [0.2, 0.25) is 0 Å². The molecule has 9 heteroatoms. The Morgan fingerprint density at radius 2 is 1.52 bits per heavy atom. The van der Waals surface area contributed by atoms with Crippen molar-refractivity contribution in [3.8, 4) is 11.5 Å². The van der Waals surface area contributed by atoms with Crippen LogP contribution in [0.15, 0.2) is 47.4 Å². The summed E-state index contributed by atoms with van der Waals surface area (Å²) in [5.74, 6) is 0.0957. The second-order valence-corrected chi connectivity index (χ2v) is 10.2. The molecule has 2 fully saturated rings. The number of nitrogens with zero attached hydrogens (tertiary/aromatic N) is 1. The lowest BCUT2D eigenvalue weighted by Crippen LogP contribution is -2.30. The van der Waals surface area contributed by atoms with Crippen LogP contribution in [-0.2, 0) is 32.7 Å². The number of hydrogen-bond acceptors (Lipinski definition) is 6. The van der Waals surface area contributed by atoms with Gasteiger partial charge in [-0.25, -0.2) is 13.1 Å². The largest absolute Gasteiger partial charge is 0.497 e. The van der Waals surface area contributed by atoms with Crippen molar-refractivity contribution in [3.63, 3.8) is 0 Å². The normalized spacial score (nSPS) is 20.6. The molecule has 2 aliphatic rings. The van der Waals surface area contributed by atoms with E-state index in [4.69, 9.17) is 9.47 Å². The summed E-state index contributed by atoms with van der Waals surface area (Å²) in [6, 6.07) is 11.8. The number of benzene rings is 2. The second-order valence-electron chi connectivity index (χ2n) is 8.42. The fraction of sp³-hybridized carbons (Fsp3) is 0.417. The first-order chi connectivity index (χ1) is 15.8. The van der Waals surface area contributed by atoms with Gasteiger partial charge in [-0.05, 0) is 48.2 Å². The highest BCUT2D eigenvalue weighted by Gasteiger charge is 2.47. The zero-order valence-electron chi connectivity index (χ0n) is 18.7. The summed E-state index contributed by atoms with van der Waals surface area (Å²) in [5.41, 5.74) is 1.33. The van der Waals surface area contributed by atoms with Gasteiger partial charge < -0.3 is 9.47 Å². The predicted octanol–water partition coefficient (Wildman–Crippen LogP) is 2.86. The molecule has 1 saturated carbocycles. The SMILES string of the molecule is COc1ccc(CNS(=O)(=O)c2cc(CN3C(=O)[C@H]4CCCC[C@@H]4C3=O)ccc2OC)cc1. The number of rotatable bonds is 8. The summed E-state index contributed by atoms with van der Waals surface area (Å²) < 4.78 is 39.1. The highest BCUT2D eigenvalue weighted by molar-refractivity contribution is 7.89. The number of fused-ring (bicyclic) bond motifs is 1. The molecule has 0 aromatic heterocycles. The maximum absolute atomic E-state index is 13.1. The van der Waals surface area contributed by atoms with Gasteiger partial charge >= 0.3 is 0 Å². The summed E-state index contributed by atoms with van der Waals surface area (Å²) in [7, 11) is -0.953. The number of imide groups is 1. The molecule has 0 radical (unpaired) electrons. The van der Waals surface area contributed by atoms with Gasteiger partial charge in [-0.2, -0.15) is 0 Å². The summed E-state index contributed by atoms with van der Waals surface area (Å²) in [5, 5.41) is 0. The number of carbonyl (C=O) groups excluding carboxylic acids is 2. The fourth-order valence-corrected chi connectivity index (χ4v) is 5.83. The van der Waals surface area contributed by atoms with E-state index in [2.05, 4.69) is 4.72 Å². The van der Waals surface area contributed by atoms with Crippen LogP contribution in [-0.4, -0.2) is 39.4 Å². The first-order valence-electron chi connectivity index (χ1n) is 11.0. The Labute approximate surface area is 193 Å². The molecular weight excluding hydrogens is 444 g/mol. The van der Waals surface area contributed by atoms with Gasteiger partial charge in [-0.1, -0.05) is 31.0 Å². The molecule has 4 rings (SSSR count). The summed E-state index contributed by atoms with van der Waals surface area (Å²) >= 11 is 0. The first-order valence-corrected chi connectivity index (χ1v) is 12.5. The van der Waals surface area contributed by atoms with Crippen molar-refractivity contribution < 1.29 is 27.5 Å². The maximum Gasteiger partial charge on any atom is 0.244 e. The third-order valence-corrected chi connectivity index (χ3v) is 7.84. The molecule has 1 aliphatic carbocycles. The highest BCUT2D eigenvalue weighted by atomic mass is 32.2. The molecule has 1 N–H and O–H groups in total. The van der Waals surface area contributed by atoms with Crippen LogP contribution < -0.4 is 14.2 Å². The van der Waals surface area contributed by atoms with Crippen LogP contribution in [0.1, 0.15) is 36.8 Å². The van der Waals surface area contributed by atoms with Gasteiger partial charge in [0.1, 0.15) is 16.4 Å². The van der Waals surface area contributed by atoms with Crippen molar-refractivity contribution in [3.05, 3.63) is 53.6 Å². The number of sulfonamides is 1. The van der Waals surface area contributed by atoms with Crippen LogP contribution in [0.4, 0.5) is 0 Å². The van der Waals surface area contributed by atoms with Gasteiger partial charge in [-0.3, -0.25) is 14.5 Å². The molecule has 2 amide bonds. The molecule has 2 aromatic rings. The molecule has 1 aliphatic heterocycles. The number of hydrogen-bond donors (Lipinski definition) is 1. The Balaban J connectivity index is 1.53. The van der Waals surface area contributed by atoms with E-state index in [1.54, 1.807) is 43.5 Å². The minimum Gasteiger partial charge on any atom is -0.497 e. The van der Waals surface area contributed by atoms with E-state index in [0.29, 0.717) is 11.3 Å². The molecule has 33 heavy (non-hydrogen) atoms. The maximum atomic E-state index is 13.1. The molecule has 2 aromatic carbocycles. The van der Waals surface area contributed by atoms with Crippen molar-refractivity contribution in [2.24, 2.45) is 11.8 Å². The number of nitrogens with one attached hydrogen (secondary N) is 1. The van der Waals surface area contributed by atoms with E-state index in [-0.39, 0.29) is 47.4 Å². The molecule has 176 valence electrons. The van der Waals surface area contributed by atoms with Crippen LogP contribution >= 0.6 is 0 Å². The van der Waals surface area contributed by atoms with Gasteiger partial charge in [0.15, 0.2) is 0 Å². The Kier molecular flexibility index (Phi) is 6.71. The fourth-order valence-electron chi connectivity index (χ4n) is 4.60. The smallest absolute Gasteiger partial charge is 0.244 e. The lowest BCUT2D eigenvalue weighted by molar-refractivity contribution is -0.140. The van der Waals surface area contributed by atoms with Gasteiger partial charge in [0.25, 0.3) is 0 Å². The van der Waals surface area contributed by atoms with Crippen LogP contribution in [0, 0.1) is 11.8 Å². The van der Waals surface area contributed by atoms with Crippen LogP contribution in [0.3, 0.4) is 0 Å². The van der Waals surface area contributed by atoms with Crippen molar-refractivity contribution >= 4 is 21.8 Å². The monoisotopic (exact) mass is 472 g/mol. The zero-order valence-corrected chi connectivity index (χ0v) is 19.6. The molecule has 1 saturated heterocycles. The lowest BCUT2D eigenvalue weighted by Gasteiger charge is -2.19. The highest BCUT2D eigenvalue weighted by Crippen LogP contribution is 2.39.